The zero-order chi connectivity index (χ0) is 17.8. The van der Waals surface area contributed by atoms with E-state index in [2.05, 4.69) is 25.8 Å². The Balaban J connectivity index is 1.31. The minimum absolute atomic E-state index is 0.205. The van der Waals surface area contributed by atoms with E-state index in [1.807, 2.05) is 6.07 Å². The van der Waals surface area contributed by atoms with Crippen molar-refractivity contribution >= 4 is 17.4 Å². The first kappa shape index (κ1) is 16.3. The average molecular weight is 353 g/mol. The van der Waals surface area contributed by atoms with Crippen LogP contribution in [0, 0.1) is 0 Å². The SMILES string of the molecule is O=C(Nc1ccc(-n2cccn2)nc1)Nc1cnn(CC2CCCO2)c1. The molecule has 26 heavy (non-hydrogen) atoms. The second kappa shape index (κ2) is 7.36. The summed E-state index contributed by atoms with van der Waals surface area (Å²) in [4.78, 5) is 16.4. The van der Waals surface area contributed by atoms with Crippen LogP contribution in [0.3, 0.4) is 0 Å². The van der Waals surface area contributed by atoms with Gasteiger partial charge in [-0.15, -0.1) is 0 Å². The first-order valence-electron chi connectivity index (χ1n) is 8.44. The van der Waals surface area contributed by atoms with Gasteiger partial charge in [-0.25, -0.2) is 14.5 Å². The van der Waals surface area contributed by atoms with Crippen LogP contribution in [-0.2, 0) is 11.3 Å². The second-order valence-corrected chi connectivity index (χ2v) is 6.02. The van der Waals surface area contributed by atoms with Gasteiger partial charge in [0.05, 0.1) is 36.4 Å². The summed E-state index contributed by atoms with van der Waals surface area (Å²) < 4.78 is 9.02. The maximum absolute atomic E-state index is 12.1. The highest BCUT2D eigenvalue weighted by Gasteiger charge is 2.16. The highest BCUT2D eigenvalue weighted by molar-refractivity contribution is 5.99. The molecule has 0 aromatic carbocycles. The molecule has 4 rings (SSSR count). The van der Waals surface area contributed by atoms with Crippen molar-refractivity contribution in [2.24, 2.45) is 0 Å². The maximum Gasteiger partial charge on any atom is 0.323 e. The largest absolute Gasteiger partial charge is 0.376 e. The molecule has 2 N–H and O–H groups in total. The average Bonchev–Trinajstić information content (AvgIpc) is 3.39. The molecule has 1 aliphatic rings. The number of hydrogen-bond acceptors (Lipinski definition) is 5. The molecule has 3 aromatic rings. The molecule has 1 atom stereocenters. The minimum Gasteiger partial charge on any atom is -0.376 e. The van der Waals surface area contributed by atoms with Gasteiger partial charge in [0, 0.05) is 25.2 Å². The van der Waals surface area contributed by atoms with E-state index in [9.17, 15) is 4.79 Å². The minimum atomic E-state index is -0.352. The van der Waals surface area contributed by atoms with Gasteiger partial charge in [0.25, 0.3) is 0 Å². The number of aromatic nitrogens is 5. The molecular formula is C17H19N7O2. The van der Waals surface area contributed by atoms with Gasteiger partial charge in [-0.1, -0.05) is 0 Å². The molecule has 0 spiro atoms. The number of anilines is 2. The zero-order valence-corrected chi connectivity index (χ0v) is 14.1. The van der Waals surface area contributed by atoms with E-state index in [-0.39, 0.29) is 12.1 Å². The highest BCUT2D eigenvalue weighted by atomic mass is 16.5. The second-order valence-electron chi connectivity index (χ2n) is 6.02. The molecule has 1 saturated heterocycles. The summed E-state index contributed by atoms with van der Waals surface area (Å²) in [5, 5.41) is 13.9. The predicted molar refractivity (Wildman–Crippen MR) is 95.2 cm³/mol. The normalized spacial score (nSPS) is 16.5. The van der Waals surface area contributed by atoms with E-state index in [0.29, 0.717) is 23.7 Å². The molecule has 0 saturated carbocycles. The van der Waals surface area contributed by atoms with Crippen molar-refractivity contribution in [3.63, 3.8) is 0 Å². The molecule has 9 nitrogen and oxygen atoms in total. The zero-order valence-electron chi connectivity index (χ0n) is 14.1. The van der Waals surface area contributed by atoms with Crippen LogP contribution in [0.4, 0.5) is 16.2 Å². The summed E-state index contributed by atoms with van der Waals surface area (Å²) in [5.41, 5.74) is 1.21. The number of urea groups is 1. The molecule has 2 amide bonds. The Labute approximate surface area is 150 Å². The molecular weight excluding hydrogens is 334 g/mol. The van der Waals surface area contributed by atoms with Crippen LogP contribution in [0.5, 0.6) is 0 Å². The molecule has 1 unspecified atom stereocenters. The number of nitrogens with one attached hydrogen (secondary N) is 2. The number of carbonyl (C=O) groups is 1. The van der Waals surface area contributed by atoms with Gasteiger partial charge < -0.3 is 15.4 Å². The third kappa shape index (κ3) is 3.89. The molecule has 0 radical (unpaired) electrons. The van der Waals surface area contributed by atoms with Gasteiger partial charge in [0.2, 0.25) is 0 Å². The van der Waals surface area contributed by atoms with Crippen molar-refractivity contribution < 1.29 is 9.53 Å². The molecule has 1 aliphatic heterocycles. The van der Waals surface area contributed by atoms with Crippen LogP contribution >= 0.6 is 0 Å². The predicted octanol–water partition coefficient (Wildman–Crippen LogP) is 2.29. The monoisotopic (exact) mass is 353 g/mol. The first-order valence-corrected chi connectivity index (χ1v) is 8.44. The van der Waals surface area contributed by atoms with E-state index in [0.717, 1.165) is 19.4 Å². The Kier molecular flexibility index (Phi) is 4.61. The molecule has 4 heterocycles. The van der Waals surface area contributed by atoms with Gasteiger partial charge in [-0.3, -0.25) is 4.68 Å². The molecule has 0 bridgehead atoms. The van der Waals surface area contributed by atoms with Crippen molar-refractivity contribution in [3.8, 4) is 5.82 Å². The fourth-order valence-electron chi connectivity index (χ4n) is 2.82. The summed E-state index contributed by atoms with van der Waals surface area (Å²) in [6.07, 6.45) is 10.8. The summed E-state index contributed by atoms with van der Waals surface area (Å²) in [7, 11) is 0. The Morgan fingerprint density at radius 2 is 2.15 bits per heavy atom. The van der Waals surface area contributed by atoms with Crippen LogP contribution < -0.4 is 10.6 Å². The lowest BCUT2D eigenvalue weighted by molar-refractivity contribution is 0.0940. The van der Waals surface area contributed by atoms with E-state index in [1.165, 1.54) is 0 Å². The van der Waals surface area contributed by atoms with Crippen LogP contribution in [0.15, 0.2) is 49.2 Å². The Morgan fingerprint density at radius 3 is 2.88 bits per heavy atom. The third-order valence-corrected chi connectivity index (χ3v) is 4.05. The van der Waals surface area contributed by atoms with Crippen LogP contribution in [-0.4, -0.2) is 43.3 Å². The lowest BCUT2D eigenvalue weighted by Gasteiger charge is -2.08. The fourth-order valence-corrected chi connectivity index (χ4v) is 2.82. The number of rotatable bonds is 5. The third-order valence-electron chi connectivity index (χ3n) is 4.05. The number of nitrogens with zero attached hydrogens (tertiary/aromatic N) is 5. The fraction of sp³-hybridized carbons (Fsp3) is 0.294. The Bertz CT molecular complexity index is 852. The molecule has 1 fully saturated rings. The van der Waals surface area contributed by atoms with E-state index >= 15 is 0 Å². The van der Waals surface area contributed by atoms with Gasteiger partial charge in [0.15, 0.2) is 5.82 Å². The smallest absolute Gasteiger partial charge is 0.323 e. The molecule has 0 aliphatic carbocycles. The standard InChI is InChI=1S/C17H19N7O2/c25-17(21-13-4-5-16(18-9-13)24-7-2-6-19-24)22-14-10-20-23(11-14)12-15-3-1-8-26-15/h2,4-7,9-11,15H,1,3,8,12H2,(H2,21,22,25). The van der Waals surface area contributed by atoms with Crippen molar-refractivity contribution in [1.29, 1.82) is 0 Å². The Morgan fingerprint density at radius 1 is 1.23 bits per heavy atom. The summed E-state index contributed by atoms with van der Waals surface area (Å²) >= 11 is 0. The quantitative estimate of drug-likeness (QED) is 0.733. The highest BCUT2D eigenvalue weighted by Crippen LogP contribution is 2.15. The number of amides is 2. The summed E-state index contributed by atoms with van der Waals surface area (Å²) in [6, 6.07) is 5.02. The number of pyridine rings is 1. The number of hydrogen-bond donors (Lipinski definition) is 2. The first-order chi connectivity index (χ1) is 12.8. The molecule has 9 heteroatoms. The van der Waals surface area contributed by atoms with Gasteiger partial charge in [-0.2, -0.15) is 10.2 Å². The maximum atomic E-state index is 12.1. The van der Waals surface area contributed by atoms with E-state index < -0.39 is 0 Å². The lowest BCUT2D eigenvalue weighted by atomic mass is 10.2. The van der Waals surface area contributed by atoms with E-state index in [4.69, 9.17) is 4.74 Å². The lowest BCUT2D eigenvalue weighted by Crippen LogP contribution is -2.19. The van der Waals surface area contributed by atoms with Crippen LogP contribution in [0.2, 0.25) is 0 Å². The topological polar surface area (TPSA) is 98.9 Å². The van der Waals surface area contributed by atoms with Gasteiger partial charge in [0.1, 0.15) is 0 Å². The number of ether oxygens (including phenoxy) is 1. The Hall–Kier alpha value is -3.20. The van der Waals surface area contributed by atoms with Crippen molar-refractivity contribution in [1.82, 2.24) is 24.5 Å². The summed E-state index contributed by atoms with van der Waals surface area (Å²) in [6.45, 7) is 1.51. The van der Waals surface area contributed by atoms with Crippen molar-refractivity contribution in [2.75, 3.05) is 17.2 Å². The van der Waals surface area contributed by atoms with Gasteiger partial charge in [-0.05, 0) is 31.0 Å². The van der Waals surface area contributed by atoms with Crippen molar-refractivity contribution in [2.45, 2.75) is 25.5 Å². The van der Waals surface area contributed by atoms with Crippen molar-refractivity contribution in [3.05, 3.63) is 49.2 Å². The van der Waals surface area contributed by atoms with E-state index in [1.54, 1.807) is 52.5 Å². The van der Waals surface area contributed by atoms with Crippen LogP contribution in [0.25, 0.3) is 5.82 Å². The molecule has 3 aromatic heterocycles. The van der Waals surface area contributed by atoms with Crippen LogP contribution in [0.1, 0.15) is 12.8 Å². The number of carbonyl (C=O) groups excluding carboxylic acids is 1. The van der Waals surface area contributed by atoms with Gasteiger partial charge >= 0.3 is 6.03 Å². The molecule has 134 valence electrons. The summed E-state index contributed by atoms with van der Waals surface area (Å²) in [5.74, 6) is 0.677.